The molecule has 9 heteroatoms. The molecule has 1 aromatic carbocycles. The fourth-order valence-corrected chi connectivity index (χ4v) is 3.12. The number of nitrogen functional groups attached to an aromatic ring is 1. The SMILES string of the molecule is Cc1ccc(C(C)(O)C(F)F)cc1-c1cnc2c(N)nc(-c3cncnc3)cn12. The van der Waals surface area contributed by atoms with Crippen molar-refractivity contribution in [3.8, 4) is 22.5 Å². The van der Waals surface area contributed by atoms with Crippen LogP contribution in [0.4, 0.5) is 14.6 Å². The number of benzene rings is 1. The summed E-state index contributed by atoms with van der Waals surface area (Å²) in [4.78, 5) is 16.7. The molecule has 0 aliphatic carbocycles. The summed E-state index contributed by atoms with van der Waals surface area (Å²) in [6.45, 7) is 2.95. The van der Waals surface area contributed by atoms with Crippen molar-refractivity contribution in [2.45, 2.75) is 25.9 Å². The summed E-state index contributed by atoms with van der Waals surface area (Å²) in [6, 6.07) is 4.74. The van der Waals surface area contributed by atoms with E-state index in [2.05, 4.69) is 19.9 Å². The molecule has 3 heterocycles. The maximum atomic E-state index is 13.3. The molecule has 148 valence electrons. The van der Waals surface area contributed by atoms with Gasteiger partial charge in [-0.15, -0.1) is 0 Å². The maximum Gasteiger partial charge on any atom is 0.270 e. The lowest BCUT2D eigenvalue weighted by molar-refractivity contribution is -0.0883. The molecule has 0 amide bonds. The third-order valence-corrected chi connectivity index (χ3v) is 4.90. The van der Waals surface area contributed by atoms with Gasteiger partial charge in [-0.2, -0.15) is 0 Å². The first-order chi connectivity index (χ1) is 13.8. The van der Waals surface area contributed by atoms with Crippen LogP contribution in [0, 0.1) is 6.92 Å². The van der Waals surface area contributed by atoms with Gasteiger partial charge in [-0.25, -0.2) is 28.7 Å². The Hall–Kier alpha value is -3.46. The van der Waals surface area contributed by atoms with E-state index < -0.39 is 12.0 Å². The zero-order valence-corrected chi connectivity index (χ0v) is 15.7. The number of rotatable bonds is 4. The molecule has 0 saturated carbocycles. The van der Waals surface area contributed by atoms with Gasteiger partial charge in [0, 0.05) is 29.7 Å². The number of imidazole rings is 1. The average Bonchev–Trinajstić information content (AvgIpc) is 3.13. The maximum absolute atomic E-state index is 13.3. The Morgan fingerprint density at radius 1 is 1.17 bits per heavy atom. The fraction of sp³-hybridized carbons (Fsp3) is 0.200. The van der Waals surface area contributed by atoms with E-state index >= 15 is 0 Å². The van der Waals surface area contributed by atoms with Gasteiger partial charge in [-0.3, -0.25) is 4.40 Å². The largest absolute Gasteiger partial charge is 0.381 e. The van der Waals surface area contributed by atoms with Gasteiger partial charge >= 0.3 is 0 Å². The number of aryl methyl sites for hydroxylation is 1. The molecule has 1 atom stereocenters. The standard InChI is InChI=1S/C20H18F2N6O/c1-11-3-4-13(20(2,29)19(21)22)5-14(11)16-8-26-18-17(23)27-15(9-28(16)18)12-6-24-10-25-7-12/h3-10,19,29H,1-2H3,(H2,23,27). The van der Waals surface area contributed by atoms with E-state index in [1.54, 1.807) is 41.3 Å². The van der Waals surface area contributed by atoms with Crippen molar-refractivity contribution in [2.24, 2.45) is 0 Å². The molecule has 0 fully saturated rings. The average molecular weight is 396 g/mol. The number of halogens is 2. The number of nitrogens with zero attached hydrogens (tertiary/aromatic N) is 5. The molecule has 7 nitrogen and oxygen atoms in total. The molecule has 3 N–H and O–H groups in total. The summed E-state index contributed by atoms with van der Waals surface area (Å²) in [7, 11) is 0. The van der Waals surface area contributed by atoms with Crippen LogP contribution in [-0.4, -0.2) is 35.9 Å². The van der Waals surface area contributed by atoms with Gasteiger partial charge in [0.2, 0.25) is 0 Å². The predicted octanol–water partition coefficient (Wildman–Crippen LogP) is 3.22. The smallest absolute Gasteiger partial charge is 0.270 e. The summed E-state index contributed by atoms with van der Waals surface area (Å²) in [5, 5.41) is 10.2. The van der Waals surface area contributed by atoms with Gasteiger partial charge in [0.25, 0.3) is 6.43 Å². The van der Waals surface area contributed by atoms with Gasteiger partial charge < -0.3 is 10.8 Å². The van der Waals surface area contributed by atoms with Crippen molar-refractivity contribution in [1.29, 1.82) is 0 Å². The van der Waals surface area contributed by atoms with Gasteiger partial charge in [-0.05, 0) is 31.0 Å². The molecule has 0 aliphatic heterocycles. The Balaban J connectivity index is 1.92. The second kappa shape index (κ2) is 6.85. The van der Waals surface area contributed by atoms with Crippen molar-refractivity contribution in [1.82, 2.24) is 24.3 Å². The lowest BCUT2D eigenvalue weighted by Crippen LogP contribution is -2.30. The van der Waals surface area contributed by atoms with Crippen LogP contribution in [0.15, 0.2) is 49.3 Å². The second-order valence-electron chi connectivity index (χ2n) is 6.95. The molecule has 0 bridgehead atoms. The van der Waals surface area contributed by atoms with E-state index in [0.717, 1.165) is 12.5 Å². The molecule has 0 radical (unpaired) electrons. The Morgan fingerprint density at radius 2 is 1.90 bits per heavy atom. The van der Waals surface area contributed by atoms with Crippen LogP contribution in [0.3, 0.4) is 0 Å². The van der Waals surface area contributed by atoms with Crippen LogP contribution in [0.25, 0.3) is 28.2 Å². The monoisotopic (exact) mass is 396 g/mol. The molecule has 4 rings (SSSR count). The minimum atomic E-state index is -2.93. The molecule has 1 unspecified atom stereocenters. The lowest BCUT2D eigenvalue weighted by atomic mass is 9.92. The predicted molar refractivity (Wildman–Crippen MR) is 104 cm³/mol. The number of hydrogen-bond acceptors (Lipinski definition) is 6. The van der Waals surface area contributed by atoms with Crippen LogP contribution in [0.2, 0.25) is 0 Å². The van der Waals surface area contributed by atoms with Crippen LogP contribution < -0.4 is 5.73 Å². The highest BCUT2D eigenvalue weighted by atomic mass is 19.3. The first kappa shape index (κ1) is 18.9. The molecule has 29 heavy (non-hydrogen) atoms. The van der Waals surface area contributed by atoms with Crippen molar-refractivity contribution < 1.29 is 13.9 Å². The number of nitrogens with two attached hydrogens (primary N) is 1. The molecular weight excluding hydrogens is 378 g/mol. The number of anilines is 1. The lowest BCUT2D eigenvalue weighted by Gasteiger charge is -2.23. The summed E-state index contributed by atoms with van der Waals surface area (Å²) in [5.74, 6) is 0.214. The zero-order chi connectivity index (χ0) is 20.8. The van der Waals surface area contributed by atoms with E-state index in [-0.39, 0.29) is 11.4 Å². The molecular formula is C20H18F2N6O. The first-order valence-electron chi connectivity index (χ1n) is 8.80. The Morgan fingerprint density at radius 3 is 2.59 bits per heavy atom. The number of aromatic nitrogens is 5. The van der Waals surface area contributed by atoms with Crippen molar-refractivity contribution >= 4 is 11.5 Å². The fourth-order valence-electron chi connectivity index (χ4n) is 3.12. The minimum Gasteiger partial charge on any atom is -0.381 e. The van der Waals surface area contributed by atoms with Gasteiger partial charge in [0.05, 0.1) is 17.6 Å². The third kappa shape index (κ3) is 3.19. The van der Waals surface area contributed by atoms with Crippen LogP contribution in [-0.2, 0) is 5.60 Å². The number of alkyl halides is 2. The van der Waals surface area contributed by atoms with Crippen molar-refractivity contribution in [2.75, 3.05) is 5.73 Å². The van der Waals surface area contributed by atoms with Crippen LogP contribution >= 0.6 is 0 Å². The summed E-state index contributed by atoms with van der Waals surface area (Å²) in [6.07, 6.45) is 5.06. The zero-order valence-electron chi connectivity index (χ0n) is 15.7. The summed E-state index contributed by atoms with van der Waals surface area (Å²) >= 11 is 0. The van der Waals surface area contributed by atoms with Gasteiger partial charge in [0.1, 0.15) is 11.9 Å². The van der Waals surface area contributed by atoms with E-state index in [1.807, 2.05) is 6.92 Å². The molecule has 0 saturated heterocycles. The Bertz CT molecular complexity index is 1190. The Kier molecular flexibility index (Phi) is 4.46. The van der Waals surface area contributed by atoms with Crippen molar-refractivity contribution in [3.05, 3.63) is 60.4 Å². The highest BCUT2D eigenvalue weighted by Crippen LogP contribution is 2.34. The van der Waals surface area contributed by atoms with Gasteiger partial charge in [0.15, 0.2) is 11.5 Å². The quantitative estimate of drug-likeness (QED) is 0.549. The van der Waals surface area contributed by atoms with Crippen LogP contribution in [0.1, 0.15) is 18.1 Å². The van der Waals surface area contributed by atoms with Crippen molar-refractivity contribution in [3.63, 3.8) is 0 Å². The summed E-state index contributed by atoms with van der Waals surface area (Å²) < 4.78 is 28.4. The number of hydrogen-bond donors (Lipinski definition) is 2. The van der Waals surface area contributed by atoms with E-state index in [9.17, 15) is 13.9 Å². The van der Waals surface area contributed by atoms with Gasteiger partial charge in [-0.1, -0.05) is 12.1 Å². The van der Waals surface area contributed by atoms with E-state index in [4.69, 9.17) is 5.73 Å². The third-order valence-electron chi connectivity index (χ3n) is 4.90. The van der Waals surface area contributed by atoms with E-state index in [1.165, 1.54) is 12.4 Å². The highest BCUT2D eigenvalue weighted by molar-refractivity contribution is 5.74. The Labute approximate surface area is 164 Å². The second-order valence-corrected chi connectivity index (χ2v) is 6.95. The molecule has 3 aromatic heterocycles. The molecule has 0 aliphatic rings. The summed E-state index contributed by atoms with van der Waals surface area (Å²) in [5.41, 5.74) is 7.71. The first-order valence-corrected chi connectivity index (χ1v) is 8.80. The molecule has 4 aromatic rings. The topological polar surface area (TPSA) is 102 Å². The van der Waals surface area contributed by atoms with E-state index in [0.29, 0.717) is 28.2 Å². The highest BCUT2D eigenvalue weighted by Gasteiger charge is 2.34. The minimum absolute atomic E-state index is 0.113. The number of fused-ring (bicyclic) bond motifs is 1. The van der Waals surface area contributed by atoms with Crippen LogP contribution in [0.5, 0.6) is 0 Å². The normalized spacial score (nSPS) is 13.7. The molecule has 0 spiro atoms. The number of aliphatic hydroxyl groups is 1.